The molecule has 0 aromatic heterocycles. The maximum atomic E-state index is 9.38. The minimum atomic E-state index is -1.21. The van der Waals surface area contributed by atoms with Gasteiger partial charge < -0.3 is 129 Å². The van der Waals surface area contributed by atoms with E-state index in [2.05, 4.69) is 99.5 Å². The molecule has 59 heavy (non-hydrogen) atoms. The number of epoxide rings is 1. The Morgan fingerprint density at radius 1 is 0.542 bits per heavy atom. The summed E-state index contributed by atoms with van der Waals surface area (Å²) >= 11 is 0. The number of hydrogen-bond donors (Lipinski definition) is 3. The summed E-state index contributed by atoms with van der Waals surface area (Å²) in [5.41, 5.74) is 0. The van der Waals surface area contributed by atoms with Crippen molar-refractivity contribution in [3.8, 4) is 0 Å². The van der Waals surface area contributed by atoms with Crippen LogP contribution in [0.25, 0.3) is 0 Å². The summed E-state index contributed by atoms with van der Waals surface area (Å²) in [4.78, 5) is 35.0. The summed E-state index contributed by atoms with van der Waals surface area (Å²) in [5.74, 6) is 0. The van der Waals surface area contributed by atoms with Crippen LogP contribution in [0.4, 0.5) is 9.59 Å². The molecule has 1 rings (SSSR count). The standard InChI is InChI=1S/2C3H6O3.C3H6O.6C3H6.CO2.CH4O.9CH3.3Co.HOP.6H2O/c2*1-2-6-3(4)5;1-3-2-4-3;6*1-3-2;2-1-3;1-2;;;;;;;;;;;;;1-2;;;;;;/h2*2H2,1H3,(H,4,5);3H,2H2,1H3;6*1-3H2;;2H,1H3;9*1H3;;;;2H;6*1H2/q;;;6*+2;;;9*-1;;2*+2;;;;;;;. The first kappa shape index (κ1) is 229. The number of ether oxygens (including phenoxy) is 3. The van der Waals surface area contributed by atoms with Crippen LogP contribution in [0.5, 0.6) is 0 Å². The minimum absolute atomic E-state index is 0. The smallest absolute Gasteiger partial charge is 0.450 e. The summed E-state index contributed by atoms with van der Waals surface area (Å²) in [6.45, 7) is 47.2. The Bertz CT molecular complexity index is 366. The third-order valence-electron chi connectivity index (χ3n) is 1.04. The normalized spacial score (nSPS) is 6.15. The van der Waals surface area contributed by atoms with Crippen molar-refractivity contribution in [3.63, 3.8) is 0 Å². The number of rotatable bonds is 2. The van der Waals surface area contributed by atoms with E-state index in [1.807, 2.05) is 0 Å². The Kier molecular flexibility index (Phi) is 1670. The van der Waals surface area contributed by atoms with Crippen LogP contribution < -0.4 is 0 Å². The molecule has 0 bridgehead atoms. The Labute approximate surface area is 404 Å². The summed E-state index contributed by atoms with van der Waals surface area (Å²) < 4.78 is 20.7. The van der Waals surface area contributed by atoms with Crippen LogP contribution in [0, 0.1) is 150 Å². The van der Waals surface area contributed by atoms with E-state index >= 15 is 0 Å². The van der Waals surface area contributed by atoms with Gasteiger partial charge in [0.1, 0.15) is 92.2 Å². The predicted octanol–water partition coefficient (Wildman–Crippen LogP) is 6.67. The maximum absolute atomic E-state index is 9.38. The van der Waals surface area contributed by atoms with Crippen molar-refractivity contribution in [3.05, 3.63) is 150 Å². The molecule has 0 aromatic carbocycles. The Morgan fingerprint density at radius 2 is 0.610 bits per heavy atom. The largest absolute Gasteiger partial charge is 2.00 e. The van der Waals surface area contributed by atoms with Gasteiger partial charge in [-0.3, -0.25) is 4.57 Å². The minimum Gasteiger partial charge on any atom is -0.450 e. The van der Waals surface area contributed by atoms with Crippen LogP contribution in [-0.4, -0.2) is 99.7 Å². The topological polar surface area (TPSA) is 366 Å². The molecule has 21 heteroatoms. The molecule has 1 unspecified atom stereocenters. The van der Waals surface area contributed by atoms with E-state index in [0.29, 0.717) is 6.10 Å². The summed E-state index contributed by atoms with van der Waals surface area (Å²) in [5, 5.41) is 22.4. The van der Waals surface area contributed by atoms with Gasteiger partial charge in [0.25, 0.3) is 0 Å². The molecule has 3 radical (unpaired) electrons. The molecule has 1 atom stereocenters. The summed E-state index contributed by atoms with van der Waals surface area (Å²) in [6, 6.07) is 0. The van der Waals surface area contributed by atoms with Crippen molar-refractivity contribution in [2.75, 3.05) is 26.9 Å². The Morgan fingerprint density at radius 3 is 0.610 bits per heavy atom. The molecule has 0 saturated carbocycles. The Balaban J connectivity index is -0.00000000607. The zero-order valence-corrected chi connectivity index (χ0v) is 43.2. The average molecular weight is 1030 g/mol. The fourth-order valence-corrected chi connectivity index (χ4v) is 0.343. The van der Waals surface area contributed by atoms with Gasteiger partial charge in [-0.15, -0.1) is 0 Å². The molecule has 1 fully saturated rings. The first-order valence-electron chi connectivity index (χ1n) is 11.8. The van der Waals surface area contributed by atoms with Crippen LogP contribution >= 0.6 is 9.12 Å². The first-order valence-corrected chi connectivity index (χ1v) is 12.2. The molecule has 1 saturated heterocycles. The monoisotopic (exact) mass is 1030 g/mol. The molecule has 1 aliphatic rings. The van der Waals surface area contributed by atoms with Gasteiger partial charge in [-0.2, -0.15) is 9.59 Å². The van der Waals surface area contributed by atoms with Gasteiger partial charge in [-0.25, -0.2) is 9.59 Å². The predicted molar refractivity (Wildman–Crippen MR) is 248 cm³/mol. The van der Waals surface area contributed by atoms with Gasteiger partial charge in [0.15, 0.2) is 0 Å². The number of carboxylic acid groups (broad SMARTS) is 2. The SMILES string of the molecule is CC1CO1.CCOC(=O)O.CCOC(=O)O.CO.O.O.O.O.O.O.O=C=O.O=P.[CH2+]C[CH2+].[CH2+]C[CH2+].[CH2+]C[CH2+].[CH2+]C[CH2+].[CH2+]C[CH2+].[CH2+]C[CH2+].[CH3-].[CH3-].[CH3-].[CH3-].[CH3-].[CH3-].[CH3-].[CH3-].[CH3-].[Co+2].[Co+2].[Co]. The van der Waals surface area contributed by atoms with Gasteiger partial charge in [0.05, 0.1) is 25.9 Å². The molecule has 0 amide bonds. The molecular weight excluding hydrogens is 936 g/mol. The van der Waals surface area contributed by atoms with E-state index in [4.69, 9.17) is 34.2 Å². The van der Waals surface area contributed by atoms with Crippen molar-refractivity contribution in [2.24, 2.45) is 0 Å². The number of carbonyl (C=O) groups excluding carboxylic acids is 2. The summed E-state index contributed by atoms with van der Waals surface area (Å²) in [6.07, 6.45) is 2.91. The van der Waals surface area contributed by atoms with E-state index in [-0.39, 0.29) is 169 Å². The van der Waals surface area contributed by atoms with E-state index in [1.165, 1.54) is 0 Å². The second-order valence-electron chi connectivity index (χ2n) is 4.75. The molecule has 15 N–H and O–H groups in total. The van der Waals surface area contributed by atoms with E-state index < -0.39 is 12.3 Å². The number of hydrogen-bond acceptors (Lipinski definition) is 9. The quantitative estimate of drug-likeness (QED) is 0.113. The van der Waals surface area contributed by atoms with Crippen LogP contribution in [0.15, 0.2) is 0 Å². The third-order valence-corrected chi connectivity index (χ3v) is 1.04. The van der Waals surface area contributed by atoms with Crippen molar-refractivity contribution < 1.29 is 136 Å². The molecule has 1 heterocycles. The van der Waals surface area contributed by atoms with E-state index in [0.717, 1.165) is 52.2 Å². The molecule has 0 aromatic rings. The average Bonchev–Trinajstić information content (AvgIpc) is 3.68. The maximum Gasteiger partial charge on any atom is 2.00 e. The number of aliphatic hydroxyl groups excluding tert-OH is 1. The molecule has 0 spiro atoms. The van der Waals surface area contributed by atoms with Crippen LogP contribution in [0.3, 0.4) is 0 Å². The Hall–Kier alpha value is -2.34. The van der Waals surface area contributed by atoms with Crippen LogP contribution in [0.2, 0.25) is 0 Å². The second-order valence-corrected chi connectivity index (χ2v) is 4.75. The third kappa shape index (κ3) is 3610. The number of carbonyl (C=O) groups is 2. The molecule has 1 aliphatic heterocycles. The van der Waals surface area contributed by atoms with Crippen molar-refractivity contribution in [1.29, 1.82) is 0 Å². The van der Waals surface area contributed by atoms with Crippen molar-refractivity contribution in [1.82, 2.24) is 0 Å². The van der Waals surface area contributed by atoms with Crippen LogP contribution in [-0.2, 0) is 78.7 Å². The van der Waals surface area contributed by atoms with Crippen molar-refractivity contribution in [2.45, 2.75) is 65.4 Å². The zero-order valence-electron chi connectivity index (χ0n) is 39.0. The molecule has 377 valence electrons. The zero-order chi connectivity index (χ0) is 35.9. The van der Waals surface area contributed by atoms with E-state index in [9.17, 15) is 9.59 Å². The first-order chi connectivity index (χ1) is 19.3. The van der Waals surface area contributed by atoms with Gasteiger partial charge in [0.2, 0.25) is 38.5 Å². The molecular formula is C38H98Co3O17P+7. The van der Waals surface area contributed by atoms with Crippen molar-refractivity contribution >= 4 is 27.6 Å². The molecule has 17 nitrogen and oxygen atoms in total. The molecule has 0 aliphatic carbocycles. The van der Waals surface area contributed by atoms with Gasteiger partial charge in [-0.05, 0) is 20.8 Å². The number of aliphatic hydroxyl groups is 1. The van der Waals surface area contributed by atoms with Gasteiger partial charge >= 0.3 is 52.0 Å². The van der Waals surface area contributed by atoms with Gasteiger partial charge in [-0.1, -0.05) is 0 Å². The summed E-state index contributed by atoms with van der Waals surface area (Å²) in [7, 11) is 2.72. The van der Waals surface area contributed by atoms with Crippen LogP contribution in [0.1, 0.15) is 59.3 Å². The van der Waals surface area contributed by atoms with E-state index in [1.54, 1.807) is 23.0 Å². The van der Waals surface area contributed by atoms with Gasteiger partial charge in [0, 0.05) is 23.9 Å². The fraction of sp³-hybridized carbons (Fsp3) is 0.368. The fourth-order valence-electron chi connectivity index (χ4n) is 0.343. The second kappa shape index (κ2) is 430.